The number of anilines is 1. The number of nitrogens with one attached hydrogen (secondary N) is 2. The lowest BCUT2D eigenvalue weighted by Gasteiger charge is -2.10. The van der Waals surface area contributed by atoms with E-state index in [0.717, 1.165) is 5.56 Å². The molecule has 3 rings (SSSR count). The van der Waals surface area contributed by atoms with E-state index in [9.17, 15) is 9.59 Å². The van der Waals surface area contributed by atoms with E-state index in [2.05, 4.69) is 20.8 Å². The Labute approximate surface area is 167 Å². The Kier molecular flexibility index (Phi) is 6.14. The van der Waals surface area contributed by atoms with Gasteiger partial charge in [-0.05, 0) is 55.5 Å². The van der Waals surface area contributed by atoms with Gasteiger partial charge in [-0.15, -0.1) is 0 Å². The van der Waals surface area contributed by atoms with E-state index in [-0.39, 0.29) is 5.91 Å². The van der Waals surface area contributed by atoms with Gasteiger partial charge in [-0.2, -0.15) is 5.10 Å². The van der Waals surface area contributed by atoms with Crippen LogP contribution in [0.15, 0.2) is 78.2 Å². The minimum atomic E-state index is -0.430. The van der Waals surface area contributed by atoms with Gasteiger partial charge in [0.1, 0.15) is 0 Å². The van der Waals surface area contributed by atoms with E-state index in [0.29, 0.717) is 27.5 Å². The lowest BCUT2D eigenvalue weighted by atomic mass is 10.1. The van der Waals surface area contributed by atoms with Gasteiger partial charge in [-0.25, -0.2) is 5.43 Å². The molecule has 28 heavy (non-hydrogen) atoms. The smallest absolute Gasteiger partial charge is 0.273 e. The lowest BCUT2D eigenvalue weighted by molar-refractivity contribution is 0.0955. The summed E-state index contributed by atoms with van der Waals surface area (Å²) in [4.78, 5) is 28.9. The molecule has 3 aromatic rings. The number of carbonyl (C=O) groups excluding carboxylic acids is 2. The lowest BCUT2D eigenvalue weighted by Crippen LogP contribution is -2.22. The molecule has 0 aliphatic heterocycles. The molecule has 0 atom stereocenters. The molecule has 0 fully saturated rings. The third-order valence-electron chi connectivity index (χ3n) is 3.95. The summed E-state index contributed by atoms with van der Waals surface area (Å²) in [7, 11) is 0. The predicted molar refractivity (Wildman–Crippen MR) is 110 cm³/mol. The number of hydrogen-bond donors (Lipinski definition) is 2. The second kappa shape index (κ2) is 8.92. The molecule has 0 unspecified atom stereocenters. The van der Waals surface area contributed by atoms with Crippen LogP contribution in [0.5, 0.6) is 0 Å². The molecule has 0 bridgehead atoms. The average molecular weight is 393 g/mol. The maximum Gasteiger partial charge on any atom is 0.273 e. The molecular formula is C21H17ClN4O2. The highest BCUT2D eigenvalue weighted by Crippen LogP contribution is 2.17. The molecule has 1 aromatic heterocycles. The number of aromatic nitrogens is 1. The van der Waals surface area contributed by atoms with Crippen molar-refractivity contribution in [2.45, 2.75) is 6.92 Å². The Hall–Kier alpha value is -3.51. The van der Waals surface area contributed by atoms with E-state index in [1.807, 2.05) is 0 Å². The maximum absolute atomic E-state index is 12.6. The highest BCUT2D eigenvalue weighted by atomic mass is 35.5. The summed E-state index contributed by atoms with van der Waals surface area (Å²) >= 11 is 5.85. The number of rotatable bonds is 5. The molecule has 0 aliphatic carbocycles. The first-order valence-corrected chi connectivity index (χ1v) is 8.83. The van der Waals surface area contributed by atoms with Gasteiger partial charge in [0.15, 0.2) is 0 Å². The number of nitrogens with zero attached hydrogens (tertiary/aromatic N) is 2. The number of amides is 2. The van der Waals surface area contributed by atoms with Crippen LogP contribution >= 0.6 is 11.6 Å². The Morgan fingerprint density at radius 3 is 2.29 bits per heavy atom. The molecular weight excluding hydrogens is 376 g/mol. The van der Waals surface area contributed by atoms with Crippen molar-refractivity contribution in [3.05, 3.63) is 94.8 Å². The molecule has 140 valence electrons. The van der Waals surface area contributed by atoms with E-state index in [1.165, 1.54) is 0 Å². The van der Waals surface area contributed by atoms with Crippen molar-refractivity contribution in [2.24, 2.45) is 5.10 Å². The van der Waals surface area contributed by atoms with Crippen LogP contribution in [0.25, 0.3) is 0 Å². The molecule has 0 aliphatic rings. The zero-order valence-corrected chi connectivity index (χ0v) is 15.8. The van der Waals surface area contributed by atoms with Gasteiger partial charge in [0.25, 0.3) is 11.8 Å². The number of hydrazone groups is 1. The fourth-order valence-electron chi connectivity index (χ4n) is 2.44. The Morgan fingerprint density at radius 1 is 0.893 bits per heavy atom. The molecule has 0 saturated carbocycles. The number of halogens is 1. The van der Waals surface area contributed by atoms with Gasteiger partial charge < -0.3 is 5.32 Å². The average Bonchev–Trinajstić information content (AvgIpc) is 2.73. The van der Waals surface area contributed by atoms with Gasteiger partial charge in [-0.1, -0.05) is 23.7 Å². The van der Waals surface area contributed by atoms with Crippen LogP contribution in [0.3, 0.4) is 0 Å². The first kappa shape index (κ1) is 19.3. The normalized spacial score (nSPS) is 11.0. The molecule has 2 N–H and O–H groups in total. The van der Waals surface area contributed by atoms with Gasteiger partial charge in [0.2, 0.25) is 0 Å². The summed E-state index contributed by atoms with van der Waals surface area (Å²) < 4.78 is 0. The van der Waals surface area contributed by atoms with Crippen molar-refractivity contribution in [3.63, 3.8) is 0 Å². The molecule has 1 heterocycles. The summed E-state index contributed by atoms with van der Waals surface area (Å²) in [5.74, 6) is -0.770. The van der Waals surface area contributed by atoms with Crippen LogP contribution in [0.2, 0.25) is 5.02 Å². The fraction of sp³-hybridized carbons (Fsp3) is 0.0476. The predicted octanol–water partition coefficient (Wildman–Crippen LogP) is 4.14. The van der Waals surface area contributed by atoms with E-state index >= 15 is 0 Å². The second-order valence-electron chi connectivity index (χ2n) is 5.88. The van der Waals surface area contributed by atoms with Crippen LogP contribution in [-0.4, -0.2) is 22.5 Å². The highest BCUT2D eigenvalue weighted by Gasteiger charge is 2.14. The van der Waals surface area contributed by atoms with Gasteiger partial charge in [-0.3, -0.25) is 14.6 Å². The summed E-state index contributed by atoms with van der Waals surface area (Å²) in [5, 5.41) is 7.41. The summed E-state index contributed by atoms with van der Waals surface area (Å²) in [6.45, 7) is 1.78. The molecule has 0 radical (unpaired) electrons. The Balaban J connectivity index is 1.75. The topological polar surface area (TPSA) is 83.5 Å². The molecule has 0 spiro atoms. The number of para-hydroxylation sites is 1. The Bertz CT molecular complexity index is 1020. The zero-order valence-electron chi connectivity index (χ0n) is 15.0. The van der Waals surface area contributed by atoms with Gasteiger partial charge in [0, 0.05) is 28.5 Å². The molecule has 2 amide bonds. The first-order chi connectivity index (χ1) is 13.5. The van der Waals surface area contributed by atoms with E-state index in [1.54, 1.807) is 80.0 Å². The number of pyridine rings is 1. The zero-order chi connectivity index (χ0) is 19.9. The summed E-state index contributed by atoms with van der Waals surface area (Å²) in [6, 6.07) is 16.8. The summed E-state index contributed by atoms with van der Waals surface area (Å²) in [5.41, 5.74) is 5.13. The van der Waals surface area contributed by atoms with E-state index in [4.69, 9.17) is 11.6 Å². The second-order valence-corrected chi connectivity index (χ2v) is 6.32. The standard InChI is InChI=1S/C21H17ClN4O2/c1-14(15-10-12-23-13-11-15)25-26-21(28)18-4-2-3-5-19(18)24-20(27)16-6-8-17(22)9-7-16/h2-13H,1H3,(H,24,27)(H,26,28)/b25-14-. The van der Waals surface area contributed by atoms with Crippen molar-refractivity contribution in [3.8, 4) is 0 Å². The van der Waals surface area contributed by atoms with Crippen molar-refractivity contribution in [1.82, 2.24) is 10.4 Å². The minimum absolute atomic E-state index is 0.302. The van der Waals surface area contributed by atoms with Crippen LogP contribution < -0.4 is 10.7 Å². The van der Waals surface area contributed by atoms with Gasteiger partial charge in [0.05, 0.1) is 17.0 Å². The molecule has 0 saturated heterocycles. The van der Waals surface area contributed by atoms with Crippen LogP contribution in [-0.2, 0) is 0 Å². The SMILES string of the molecule is C/C(=N/NC(=O)c1ccccc1NC(=O)c1ccc(Cl)cc1)c1ccncc1. The number of benzene rings is 2. The molecule has 6 nitrogen and oxygen atoms in total. The van der Waals surface area contributed by atoms with Crippen LogP contribution in [0.1, 0.15) is 33.2 Å². The maximum atomic E-state index is 12.6. The molecule has 7 heteroatoms. The quantitative estimate of drug-likeness (QED) is 0.505. The number of carbonyl (C=O) groups is 2. The van der Waals surface area contributed by atoms with Crippen molar-refractivity contribution in [2.75, 3.05) is 5.32 Å². The largest absolute Gasteiger partial charge is 0.321 e. The van der Waals surface area contributed by atoms with Crippen molar-refractivity contribution >= 4 is 34.8 Å². The van der Waals surface area contributed by atoms with Crippen LogP contribution in [0.4, 0.5) is 5.69 Å². The highest BCUT2D eigenvalue weighted by molar-refractivity contribution is 6.30. The number of hydrogen-bond acceptors (Lipinski definition) is 4. The third-order valence-corrected chi connectivity index (χ3v) is 4.20. The summed E-state index contributed by atoms with van der Waals surface area (Å²) in [6.07, 6.45) is 3.30. The Morgan fingerprint density at radius 2 is 1.57 bits per heavy atom. The third kappa shape index (κ3) is 4.81. The first-order valence-electron chi connectivity index (χ1n) is 8.45. The van der Waals surface area contributed by atoms with Crippen LogP contribution in [0, 0.1) is 0 Å². The monoisotopic (exact) mass is 392 g/mol. The van der Waals surface area contributed by atoms with Crippen molar-refractivity contribution in [1.29, 1.82) is 0 Å². The molecule has 2 aromatic carbocycles. The van der Waals surface area contributed by atoms with Crippen molar-refractivity contribution < 1.29 is 9.59 Å². The van der Waals surface area contributed by atoms with E-state index < -0.39 is 5.91 Å². The minimum Gasteiger partial charge on any atom is -0.321 e. The fourth-order valence-corrected chi connectivity index (χ4v) is 2.56. The van der Waals surface area contributed by atoms with Gasteiger partial charge >= 0.3 is 0 Å².